The molecule has 0 radical (unpaired) electrons. The van der Waals surface area contributed by atoms with Gasteiger partial charge >= 0.3 is 0 Å². The number of hydrogen-bond donors (Lipinski definition) is 3. The highest BCUT2D eigenvalue weighted by atomic mass is 79.9. The molecule has 0 aliphatic carbocycles. The van der Waals surface area contributed by atoms with Crippen LogP contribution in [-0.2, 0) is 0 Å². The molecule has 0 aliphatic rings. The van der Waals surface area contributed by atoms with Crippen LogP contribution in [0.15, 0.2) is 26.1 Å². The third kappa shape index (κ3) is 3.66. The molecule has 0 fully saturated rings. The second-order valence-corrected chi connectivity index (χ2v) is 4.40. The van der Waals surface area contributed by atoms with Crippen LogP contribution in [0.3, 0.4) is 0 Å². The summed E-state index contributed by atoms with van der Waals surface area (Å²) in [6.07, 6.45) is 0. The van der Waals surface area contributed by atoms with Crippen molar-refractivity contribution < 1.29 is 4.79 Å². The molecule has 0 saturated heterocycles. The lowest BCUT2D eigenvalue weighted by molar-refractivity contribution is 0.100. The summed E-state index contributed by atoms with van der Waals surface area (Å²) in [5.74, 6) is -0.791. The monoisotopic (exact) mass is 370 g/mol. The number of rotatable bonds is 1. The Morgan fingerprint density at radius 1 is 1.19 bits per heavy atom. The number of halogens is 3. The molecule has 0 spiro atoms. The maximum atomic E-state index is 11.4. The Morgan fingerprint density at radius 3 is 2.00 bits per heavy atom. The number of carbonyl (C=O) groups excluding carboxylic acids is 1. The molecule has 0 aliphatic heterocycles. The highest BCUT2D eigenvalue weighted by molar-refractivity contribution is 9.11. The molecule has 1 amide bonds. The van der Waals surface area contributed by atoms with Crippen LogP contribution in [0.1, 0.15) is 10.4 Å². The first-order valence-electron chi connectivity index (χ1n) is 3.80. The van der Waals surface area contributed by atoms with E-state index in [0.29, 0.717) is 20.2 Å². The first kappa shape index (κ1) is 15.2. The quantitative estimate of drug-likeness (QED) is 0.396. The van der Waals surface area contributed by atoms with E-state index >= 15 is 0 Å². The fourth-order valence-electron chi connectivity index (χ4n) is 0.890. The van der Waals surface area contributed by atoms with Crippen molar-refractivity contribution in [1.29, 1.82) is 0 Å². The van der Waals surface area contributed by atoms with Crippen molar-refractivity contribution in [2.24, 2.45) is 16.5 Å². The lowest BCUT2D eigenvalue weighted by atomic mass is 10.2. The highest BCUT2D eigenvalue weighted by Gasteiger charge is 2.10. The molecule has 88 valence electrons. The number of aliphatic imine (C=N–C) groups is 1. The smallest absolute Gasteiger partial charge is 0.280 e. The van der Waals surface area contributed by atoms with Crippen LogP contribution in [-0.4, -0.2) is 11.9 Å². The molecule has 1 aromatic carbocycles. The van der Waals surface area contributed by atoms with E-state index in [9.17, 15) is 4.79 Å². The van der Waals surface area contributed by atoms with E-state index in [-0.39, 0.29) is 18.4 Å². The minimum absolute atomic E-state index is 0. The molecule has 0 bridgehead atoms. The summed E-state index contributed by atoms with van der Waals surface area (Å²) in [5.41, 5.74) is 16.7. The van der Waals surface area contributed by atoms with Crippen molar-refractivity contribution in [3.05, 3.63) is 26.6 Å². The van der Waals surface area contributed by atoms with Crippen LogP contribution in [0.4, 0.5) is 5.69 Å². The normalized spacial score (nSPS) is 9.12. The summed E-state index contributed by atoms with van der Waals surface area (Å²) in [4.78, 5) is 14.9. The van der Waals surface area contributed by atoms with E-state index in [0.717, 1.165) is 0 Å². The number of carbonyl (C=O) groups is 1. The van der Waals surface area contributed by atoms with Gasteiger partial charge in [0, 0.05) is 14.5 Å². The van der Waals surface area contributed by atoms with E-state index in [1.807, 2.05) is 0 Å². The molecular formula is C8H9Br2ClN4O. The number of nitrogen functional groups attached to an aromatic ring is 1. The Labute approximate surface area is 115 Å². The van der Waals surface area contributed by atoms with Gasteiger partial charge in [-0.1, -0.05) is 0 Å². The van der Waals surface area contributed by atoms with Crippen LogP contribution in [0.2, 0.25) is 0 Å². The van der Waals surface area contributed by atoms with E-state index in [2.05, 4.69) is 36.9 Å². The summed E-state index contributed by atoms with van der Waals surface area (Å²) in [6.45, 7) is 0. The number of guanidine groups is 1. The predicted octanol–water partition coefficient (Wildman–Crippen LogP) is 1.63. The Balaban J connectivity index is 0.00000225. The standard InChI is InChI=1S/C8H8Br2N4O.ClH/c9-4-1-3(2-5(10)6(4)11)7(15)14-8(12)13;/h1-2H,11H2,(H4,12,13,14,15);1H. The van der Waals surface area contributed by atoms with Crippen molar-refractivity contribution in [2.75, 3.05) is 5.73 Å². The number of nitrogens with two attached hydrogens (primary N) is 3. The predicted molar refractivity (Wildman–Crippen MR) is 73.6 cm³/mol. The van der Waals surface area contributed by atoms with Gasteiger partial charge in [-0.25, -0.2) is 0 Å². The molecule has 0 atom stereocenters. The minimum atomic E-state index is -0.517. The molecule has 0 aromatic heterocycles. The van der Waals surface area contributed by atoms with Crippen LogP contribution in [0, 0.1) is 0 Å². The van der Waals surface area contributed by atoms with Gasteiger partial charge in [-0.2, -0.15) is 4.99 Å². The Hall–Kier alpha value is -0.790. The molecule has 0 heterocycles. The fourth-order valence-corrected chi connectivity index (χ4v) is 2.08. The van der Waals surface area contributed by atoms with Gasteiger partial charge < -0.3 is 17.2 Å². The molecule has 1 rings (SSSR count). The Morgan fingerprint density at radius 2 is 1.62 bits per heavy atom. The second-order valence-electron chi connectivity index (χ2n) is 2.70. The molecular weight excluding hydrogens is 363 g/mol. The second kappa shape index (κ2) is 6.07. The molecule has 1 aromatic rings. The molecule has 8 heteroatoms. The maximum Gasteiger partial charge on any atom is 0.280 e. The number of anilines is 1. The zero-order valence-electron chi connectivity index (χ0n) is 7.91. The van der Waals surface area contributed by atoms with Crippen molar-refractivity contribution >= 4 is 61.8 Å². The summed E-state index contributed by atoms with van der Waals surface area (Å²) in [6, 6.07) is 3.10. The third-order valence-electron chi connectivity index (χ3n) is 1.56. The highest BCUT2D eigenvalue weighted by Crippen LogP contribution is 2.29. The molecule has 16 heavy (non-hydrogen) atoms. The Bertz CT molecular complexity index is 423. The Kier molecular flexibility index (Phi) is 5.77. The molecule has 0 saturated carbocycles. The zero-order valence-corrected chi connectivity index (χ0v) is 11.9. The van der Waals surface area contributed by atoms with Crippen LogP contribution in [0.25, 0.3) is 0 Å². The zero-order chi connectivity index (χ0) is 11.6. The summed E-state index contributed by atoms with van der Waals surface area (Å²) >= 11 is 6.43. The summed E-state index contributed by atoms with van der Waals surface area (Å²) in [7, 11) is 0. The average molecular weight is 372 g/mol. The van der Waals surface area contributed by atoms with Crippen LogP contribution >= 0.6 is 44.3 Å². The van der Waals surface area contributed by atoms with Crippen molar-refractivity contribution in [3.63, 3.8) is 0 Å². The molecule has 0 unspecified atom stereocenters. The lowest BCUT2D eigenvalue weighted by Gasteiger charge is -2.03. The first-order chi connectivity index (χ1) is 6.91. The molecule has 5 nitrogen and oxygen atoms in total. The van der Waals surface area contributed by atoms with Gasteiger partial charge in [-0.15, -0.1) is 12.4 Å². The number of nitrogens with zero attached hydrogens (tertiary/aromatic N) is 1. The van der Waals surface area contributed by atoms with Gasteiger partial charge in [0.15, 0.2) is 5.96 Å². The van der Waals surface area contributed by atoms with E-state index in [1.54, 1.807) is 12.1 Å². The number of benzene rings is 1. The molecule has 6 N–H and O–H groups in total. The topological polar surface area (TPSA) is 107 Å². The van der Waals surface area contributed by atoms with E-state index in [1.165, 1.54) is 0 Å². The third-order valence-corrected chi connectivity index (χ3v) is 2.87. The largest absolute Gasteiger partial charge is 0.397 e. The first-order valence-corrected chi connectivity index (χ1v) is 5.39. The fraction of sp³-hybridized carbons (Fsp3) is 0. The van der Waals surface area contributed by atoms with Crippen LogP contribution < -0.4 is 17.2 Å². The van der Waals surface area contributed by atoms with Gasteiger partial charge in [0.05, 0.1) is 5.69 Å². The van der Waals surface area contributed by atoms with Crippen molar-refractivity contribution in [1.82, 2.24) is 0 Å². The number of hydrogen-bond acceptors (Lipinski definition) is 2. The van der Waals surface area contributed by atoms with Gasteiger partial charge in [0.2, 0.25) is 0 Å². The lowest BCUT2D eigenvalue weighted by Crippen LogP contribution is -2.24. The van der Waals surface area contributed by atoms with Gasteiger partial charge in [-0.05, 0) is 44.0 Å². The van der Waals surface area contributed by atoms with E-state index in [4.69, 9.17) is 17.2 Å². The van der Waals surface area contributed by atoms with Gasteiger partial charge in [0.25, 0.3) is 5.91 Å². The van der Waals surface area contributed by atoms with Gasteiger partial charge in [-0.3, -0.25) is 4.79 Å². The summed E-state index contributed by atoms with van der Waals surface area (Å²) < 4.78 is 1.21. The van der Waals surface area contributed by atoms with Crippen LogP contribution in [0.5, 0.6) is 0 Å². The minimum Gasteiger partial charge on any atom is -0.397 e. The van der Waals surface area contributed by atoms with E-state index < -0.39 is 5.91 Å². The number of amides is 1. The van der Waals surface area contributed by atoms with Crippen molar-refractivity contribution in [2.45, 2.75) is 0 Å². The SMILES string of the molecule is Cl.NC(N)=NC(=O)c1cc(Br)c(N)c(Br)c1. The maximum absolute atomic E-state index is 11.4. The van der Waals surface area contributed by atoms with Gasteiger partial charge in [0.1, 0.15) is 0 Å². The average Bonchev–Trinajstić information content (AvgIpc) is 2.12. The summed E-state index contributed by atoms with van der Waals surface area (Å²) in [5, 5.41) is 0. The van der Waals surface area contributed by atoms with Crippen molar-refractivity contribution in [3.8, 4) is 0 Å².